The van der Waals surface area contributed by atoms with Crippen LogP contribution in [0.4, 0.5) is 0 Å². The molecule has 2 aromatic rings. The Labute approximate surface area is 141 Å². The third kappa shape index (κ3) is 3.17. The molecule has 6 nitrogen and oxygen atoms in total. The second kappa shape index (κ2) is 7.34. The molecule has 0 saturated carbocycles. The summed E-state index contributed by atoms with van der Waals surface area (Å²) in [6, 6.07) is 7.83. The van der Waals surface area contributed by atoms with Gasteiger partial charge >= 0.3 is 0 Å². The number of likely N-dealkylation sites (N-methyl/N-ethyl adjacent to an activating group) is 1. The van der Waals surface area contributed by atoms with Gasteiger partial charge in [-0.05, 0) is 11.6 Å². The summed E-state index contributed by atoms with van der Waals surface area (Å²) in [5.41, 5.74) is 2.04. The Balaban J connectivity index is 1.74. The van der Waals surface area contributed by atoms with Crippen molar-refractivity contribution in [2.75, 3.05) is 34.5 Å². The number of ether oxygens (including phenoxy) is 3. The van der Waals surface area contributed by atoms with E-state index in [-0.39, 0.29) is 24.2 Å². The van der Waals surface area contributed by atoms with Crippen LogP contribution in [0, 0.1) is 0 Å². The van der Waals surface area contributed by atoms with E-state index in [1.54, 1.807) is 26.2 Å². The van der Waals surface area contributed by atoms with Gasteiger partial charge in [0.05, 0.1) is 25.7 Å². The summed E-state index contributed by atoms with van der Waals surface area (Å²) >= 11 is 0. The van der Waals surface area contributed by atoms with Crippen molar-refractivity contribution in [3.8, 4) is 0 Å². The SMILES string of the molecule is CO[C@H]1[C@H](N(C)C(=O)Cc2c[nH]c3ccccc23)COC[C@H]1OC. The molecule has 2 heterocycles. The highest BCUT2D eigenvalue weighted by molar-refractivity contribution is 5.88. The van der Waals surface area contributed by atoms with E-state index >= 15 is 0 Å². The van der Waals surface area contributed by atoms with Gasteiger partial charge in [-0.15, -0.1) is 0 Å². The number of aromatic amines is 1. The minimum atomic E-state index is -0.194. The lowest BCUT2D eigenvalue weighted by Gasteiger charge is -2.40. The van der Waals surface area contributed by atoms with Crippen molar-refractivity contribution < 1.29 is 19.0 Å². The van der Waals surface area contributed by atoms with Gasteiger partial charge in [-0.1, -0.05) is 18.2 Å². The van der Waals surface area contributed by atoms with Crippen molar-refractivity contribution in [2.45, 2.75) is 24.7 Å². The Morgan fingerprint density at radius 2 is 2.08 bits per heavy atom. The second-order valence-electron chi connectivity index (χ2n) is 6.12. The largest absolute Gasteiger partial charge is 0.376 e. The minimum absolute atomic E-state index is 0.0344. The summed E-state index contributed by atoms with van der Waals surface area (Å²) in [7, 11) is 5.08. The van der Waals surface area contributed by atoms with E-state index in [0.29, 0.717) is 19.6 Å². The molecule has 0 spiro atoms. The molecule has 0 aliphatic carbocycles. The molecule has 1 N–H and O–H groups in total. The molecule has 0 bridgehead atoms. The Morgan fingerprint density at radius 3 is 2.83 bits per heavy atom. The number of carbonyl (C=O) groups excluding carboxylic acids is 1. The van der Waals surface area contributed by atoms with E-state index in [1.807, 2.05) is 30.5 Å². The lowest BCUT2D eigenvalue weighted by molar-refractivity contribution is -0.164. The number of rotatable bonds is 5. The Bertz CT molecular complexity index is 699. The molecule has 1 aromatic heterocycles. The number of para-hydroxylation sites is 1. The molecule has 1 aromatic carbocycles. The molecular weight excluding hydrogens is 308 g/mol. The number of fused-ring (bicyclic) bond motifs is 1. The zero-order chi connectivity index (χ0) is 17.1. The third-order valence-corrected chi connectivity index (χ3v) is 4.80. The fourth-order valence-corrected chi connectivity index (χ4v) is 3.34. The van der Waals surface area contributed by atoms with Gasteiger partial charge in [0.1, 0.15) is 12.2 Å². The van der Waals surface area contributed by atoms with Gasteiger partial charge in [-0.2, -0.15) is 0 Å². The number of carbonyl (C=O) groups is 1. The van der Waals surface area contributed by atoms with Crippen LogP contribution in [0.15, 0.2) is 30.5 Å². The van der Waals surface area contributed by atoms with Crippen LogP contribution in [0.3, 0.4) is 0 Å². The first kappa shape index (κ1) is 17.0. The number of hydrogen-bond donors (Lipinski definition) is 1. The fourth-order valence-electron chi connectivity index (χ4n) is 3.34. The number of hydrogen-bond acceptors (Lipinski definition) is 4. The van der Waals surface area contributed by atoms with Crippen molar-refractivity contribution in [2.24, 2.45) is 0 Å². The molecule has 0 radical (unpaired) electrons. The number of methoxy groups -OCH3 is 2. The van der Waals surface area contributed by atoms with E-state index in [0.717, 1.165) is 16.5 Å². The maximum absolute atomic E-state index is 12.8. The minimum Gasteiger partial charge on any atom is -0.376 e. The topological polar surface area (TPSA) is 63.8 Å². The standard InChI is InChI=1S/C18H24N2O4/c1-20(15-10-24-11-16(22-2)18(15)23-3)17(21)8-12-9-19-14-7-5-4-6-13(12)14/h4-7,9,15-16,18-19H,8,10-11H2,1-3H3/t15-,16-,18+/m1/s1. The number of benzene rings is 1. The first-order chi connectivity index (χ1) is 11.7. The monoisotopic (exact) mass is 332 g/mol. The quantitative estimate of drug-likeness (QED) is 0.903. The summed E-state index contributed by atoms with van der Waals surface area (Å²) in [6.45, 7) is 0.935. The van der Waals surface area contributed by atoms with E-state index in [9.17, 15) is 4.79 Å². The van der Waals surface area contributed by atoms with Crippen LogP contribution in [-0.4, -0.2) is 68.5 Å². The van der Waals surface area contributed by atoms with Crippen LogP contribution in [0.2, 0.25) is 0 Å². The number of aromatic nitrogens is 1. The summed E-state index contributed by atoms with van der Waals surface area (Å²) in [6.07, 6.45) is 1.88. The lowest BCUT2D eigenvalue weighted by Crippen LogP contribution is -2.57. The van der Waals surface area contributed by atoms with Gasteiger partial charge in [0.2, 0.25) is 5.91 Å². The average molecular weight is 332 g/mol. The highest BCUT2D eigenvalue weighted by Gasteiger charge is 2.38. The van der Waals surface area contributed by atoms with E-state index < -0.39 is 0 Å². The van der Waals surface area contributed by atoms with E-state index in [1.165, 1.54) is 0 Å². The number of amides is 1. The van der Waals surface area contributed by atoms with Crippen LogP contribution < -0.4 is 0 Å². The van der Waals surface area contributed by atoms with Crippen LogP contribution >= 0.6 is 0 Å². The lowest BCUT2D eigenvalue weighted by atomic mass is 10.0. The molecule has 24 heavy (non-hydrogen) atoms. The van der Waals surface area contributed by atoms with Crippen LogP contribution in [0.25, 0.3) is 10.9 Å². The summed E-state index contributed by atoms with van der Waals surface area (Å²) in [5.74, 6) is 0.0344. The molecule has 0 unspecified atom stereocenters. The molecule has 1 fully saturated rings. The summed E-state index contributed by atoms with van der Waals surface area (Å²) in [4.78, 5) is 17.7. The first-order valence-electron chi connectivity index (χ1n) is 8.09. The Kier molecular flexibility index (Phi) is 5.18. The molecule has 1 aliphatic rings. The van der Waals surface area contributed by atoms with Crippen LogP contribution in [-0.2, 0) is 25.4 Å². The van der Waals surface area contributed by atoms with Crippen LogP contribution in [0.1, 0.15) is 5.56 Å². The second-order valence-corrected chi connectivity index (χ2v) is 6.12. The normalized spacial score (nSPS) is 24.2. The Morgan fingerprint density at radius 1 is 1.29 bits per heavy atom. The zero-order valence-electron chi connectivity index (χ0n) is 14.3. The molecule has 1 aliphatic heterocycles. The molecule has 130 valence electrons. The maximum atomic E-state index is 12.8. The highest BCUT2D eigenvalue weighted by Crippen LogP contribution is 2.22. The van der Waals surface area contributed by atoms with Gasteiger partial charge in [0, 0.05) is 38.4 Å². The number of nitrogens with zero attached hydrogens (tertiary/aromatic N) is 1. The molecule has 1 saturated heterocycles. The smallest absolute Gasteiger partial charge is 0.227 e. The van der Waals surface area contributed by atoms with Crippen molar-refractivity contribution in [1.82, 2.24) is 9.88 Å². The van der Waals surface area contributed by atoms with Gasteiger partial charge in [0.15, 0.2) is 0 Å². The molecule has 3 atom stereocenters. The molecule has 1 amide bonds. The molecule has 6 heteroatoms. The van der Waals surface area contributed by atoms with Crippen molar-refractivity contribution in [3.05, 3.63) is 36.0 Å². The van der Waals surface area contributed by atoms with Crippen molar-refractivity contribution >= 4 is 16.8 Å². The Hall–Kier alpha value is -1.89. The van der Waals surface area contributed by atoms with Gasteiger partial charge in [-0.25, -0.2) is 0 Å². The molecule has 3 rings (SSSR count). The fraction of sp³-hybridized carbons (Fsp3) is 0.500. The predicted molar refractivity (Wildman–Crippen MR) is 91.0 cm³/mol. The van der Waals surface area contributed by atoms with E-state index in [4.69, 9.17) is 14.2 Å². The van der Waals surface area contributed by atoms with Gasteiger partial charge < -0.3 is 24.1 Å². The van der Waals surface area contributed by atoms with Crippen LogP contribution in [0.5, 0.6) is 0 Å². The zero-order valence-corrected chi connectivity index (χ0v) is 14.3. The summed E-state index contributed by atoms with van der Waals surface area (Å²) < 4.78 is 16.6. The highest BCUT2D eigenvalue weighted by atomic mass is 16.6. The van der Waals surface area contributed by atoms with Crippen molar-refractivity contribution in [3.63, 3.8) is 0 Å². The third-order valence-electron chi connectivity index (χ3n) is 4.80. The average Bonchev–Trinajstić information content (AvgIpc) is 3.03. The van der Waals surface area contributed by atoms with Crippen molar-refractivity contribution in [1.29, 1.82) is 0 Å². The maximum Gasteiger partial charge on any atom is 0.227 e. The number of H-pyrrole nitrogens is 1. The first-order valence-corrected chi connectivity index (χ1v) is 8.09. The number of nitrogens with one attached hydrogen (secondary N) is 1. The predicted octanol–water partition coefficient (Wildman–Crippen LogP) is 1.60. The van der Waals surface area contributed by atoms with Gasteiger partial charge in [0.25, 0.3) is 0 Å². The summed E-state index contributed by atoms with van der Waals surface area (Å²) in [5, 5.41) is 1.08. The molecular formula is C18H24N2O4. The van der Waals surface area contributed by atoms with E-state index in [2.05, 4.69) is 4.98 Å². The van der Waals surface area contributed by atoms with Gasteiger partial charge in [-0.3, -0.25) is 4.79 Å².